The molecule has 0 aliphatic rings. The van der Waals surface area contributed by atoms with E-state index in [1.807, 2.05) is 30.3 Å². The van der Waals surface area contributed by atoms with Crippen LogP contribution in [0.4, 0.5) is 0 Å². The number of aromatic nitrogens is 1. The molecule has 0 unspecified atom stereocenters. The molecule has 1 heterocycles. The average molecular weight is 215 g/mol. The monoisotopic (exact) mass is 215 g/mol. The number of aliphatic hydroxyl groups is 1. The molecule has 0 saturated heterocycles. The van der Waals surface area contributed by atoms with Gasteiger partial charge in [-0.25, -0.2) is 0 Å². The molecule has 0 amide bonds. The molecule has 1 aromatic heterocycles. The standard InChI is InChI=1S/C13H13NO2/c1-16-13-4-2-3-11(6-13)12-5-10(9-15)7-14-8-12/h2-8,15H,9H2,1H3. The summed E-state index contributed by atoms with van der Waals surface area (Å²) in [5, 5.41) is 9.05. The number of aliphatic hydroxyl groups excluding tert-OH is 1. The predicted octanol–water partition coefficient (Wildman–Crippen LogP) is 2.25. The van der Waals surface area contributed by atoms with Crippen molar-refractivity contribution >= 4 is 0 Å². The van der Waals surface area contributed by atoms with Crippen LogP contribution in [-0.2, 0) is 6.61 Å². The third-order valence-corrected chi connectivity index (χ3v) is 2.38. The second-order valence-electron chi connectivity index (χ2n) is 3.47. The summed E-state index contributed by atoms with van der Waals surface area (Å²) < 4.78 is 5.16. The molecule has 0 saturated carbocycles. The lowest BCUT2D eigenvalue weighted by Gasteiger charge is -2.05. The molecule has 0 aliphatic carbocycles. The number of rotatable bonds is 3. The first-order valence-electron chi connectivity index (χ1n) is 5.02. The molecule has 0 aliphatic heterocycles. The quantitative estimate of drug-likeness (QED) is 0.853. The molecule has 2 rings (SSSR count). The van der Waals surface area contributed by atoms with Crippen LogP contribution in [0.3, 0.4) is 0 Å². The maximum atomic E-state index is 9.05. The van der Waals surface area contributed by atoms with Crippen molar-refractivity contribution < 1.29 is 9.84 Å². The Morgan fingerprint density at radius 2 is 2.06 bits per heavy atom. The molecular weight excluding hydrogens is 202 g/mol. The Kier molecular flexibility index (Phi) is 3.17. The van der Waals surface area contributed by atoms with Crippen molar-refractivity contribution in [3.63, 3.8) is 0 Å². The number of pyridine rings is 1. The number of hydrogen-bond acceptors (Lipinski definition) is 3. The van der Waals surface area contributed by atoms with Crippen molar-refractivity contribution in [1.82, 2.24) is 4.98 Å². The molecule has 0 radical (unpaired) electrons. The lowest BCUT2D eigenvalue weighted by atomic mass is 10.1. The fourth-order valence-electron chi connectivity index (χ4n) is 1.53. The second kappa shape index (κ2) is 4.77. The van der Waals surface area contributed by atoms with E-state index in [1.165, 1.54) is 0 Å². The molecule has 3 nitrogen and oxygen atoms in total. The van der Waals surface area contributed by atoms with Gasteiger partial charge in [0.1, 0.15) is 5.75 Å². The highest BCUT2D eigenvalue weighted by Gasteiger charge is 2.01. The summed E-state index contributed by atoms with van der Waals surface area (Å²) in [6.07, 6.45) is 3.43. The van der Waals surface area contributed by atoms with E-state index in [1.54, 1.807) is 19.5 Å². The third kappa shape index (κ3) is 2.20. The topological polar surface area (TPSA) is 42.4 Å². The fraction of sp³-hybridized carbons (Fsp3) is 0.154. The summed E-state index contributed by atoms with van der Waals surface area (Å²) in [5.41, 5.74) is 2.81. The summed E-state index contributed by atoms with van der Waals surface area (Å²) in [5.74, 6) is 0.812. The van der Waals surface area contributed by atoms with Crippen LogP contribution < -0.4 is 4.74 Å². The van der Waals surface area contributed by atoms with Crippen molar-refractivity contribution in [2.75, 3.05) is 7.11 Å². The van der Waals surface area contributed by atoms with Crippen LogP contribution in [0.1, 0.15) is 5.56 Å². The maximum Gasteiger partial charge on any atom is 0.119 e. The molecule has 1 aromatic carbocycles. The number of nitrogens with zero attached hydrogens (tertiary/aromatic N) is 1. The van der Waals surface area contributed by atoms with Crippen LogP contribution in [0.15, 0.2) is 42.7 Å². The van der Waals surface area contributed by atoms with E-state index in [9.17, 15) is 0 Å². The first kappa shape index (κ1) is 10.6. The van der Waals surface area contributed by atoms with Gasteiger partial charge in [0, 0.05) is 18.0 Å². The van der Waals surface area contributed by atoms with Crippen molar-refractivity contribution in [3.05, 3.63) is 48.3 Å². The van der Waals surface area contributed by atoms with Gasteiger partial charge in [0.25, 0.3) is 0 Å². The van der Waals surface area contributed by atoms with Gasteiger partial charge >= 0.3 is 0 Å². The van der Waals surface area contributed by atoms with E-state index < -0.39 is 0 Å². The van der Waals surface area contributed by atoms with Crippen LogP contribution >= 0.6 is 0 Å². The van der Waals surface area contributed by atoms with Crippen LogP contribution in [-0.4, -0.2) is 17.2 Å². The first-order valence-corrected chi connectivity index (χ1v) is 5.02. The Bertz CT molecular complexity index is 437. The van der Waals surface area contributed by atoms with Gasteiger partial charge in [-0.2, -0.15) is 0 Å². The highest BCUT2D eigenvalue weighted by molar-refractivity contribution is 5.64. The molecule has 16 heavy (non-hydrogen) atoms. The van der Waals surface area contributed by atoms with E-state index >= 15 is 0 Å². The van der Waals surface area contributed by atoms with Crippen molar-refractivity contribution in [3.8, 4) is 16.9 Å². The number of methoxy groups -OCH3 is 1. The van der Waals surface area contributed by atoms with Crippen LogP contribution in [0.5, 0.6) is 5.75 Å². The fourth-order valence-corrected chi connectivity index (χ4v) is 1.53. The van der Waals surface area contributed by atoms with Gasteiger partial charge in [-0.1, -0.05) is 12.1 Å². The summed E-state index contributed by atoms with van der Waals surface area (Å²) >= 11 is 0. The smallest absolute Gasteiger partial charge is 0.119 e. The Labute approximate surface area is 94.3 Å². The largest absolute Gasteiger partial charge is 0.497 e. The first-order chi connectivity index (χ1) is 7.83. The van der Waals surface area contributed by atoms with Crippen LogP contribution in [0, 0.1) is 0 Å². The number of ether oxygens (including phenoxy) is 1. The van der Waals surface area contributed by atoms with Crippen molar-refractivity contribution in [2.45, 2.75) is 6.61 Å². The molecule has 0 fully saturated rings. The van der Waals surface area contributed by atoms with Crippen molar-refractivity contribution in [2.24, 2.45) is 0 Å². The molecule has 0 spiro atoms. The molecule has 3 heteroatoms. The summed E-state index contributed by atoms with van der Waals surface area (Å²) in [4.78, 5) is 4.09. The van der Waals surface area contributed by atoms with Crippen LogP contribution in [0.25, 0.3) is 11.1 Å². The predicted molar refractivity (Wildman–Crippen MR) is 62.1 cm³/mol. The summed E-state index contributed by atoms with van der Waals surface area (Å²) in [6.45, 7) is 0.00477. The van der Waals surface area contributed by atoms with Crippen molar-refractivity contribution in [1.29, 1.82) is 0 Å². The van der Waals surface area contributed by atoms with E-state index in [0.717, 1.165) is 22.4 Å². The molecule has 1 N–H and O–H groups in total. The van der Waals surface area contributed by atoms with E-state index in [4.69, 9.17) is 9.84 Å². The van der Waals surface area contributed by atoms with Gasteiger partial charge < -0.3 is 9.84 Å². The Balaban J connectivity index is 2.41. The van der Waals surface area contributed by atoms with E-state index in [-0.39, 0.29) is 6.61 Å². The Morgan fingerprint density at radius 3 is 2.81 bits per heavy atom. The highest BCUT2D eigenvalue weighted by atomic mass is 16.5. The minimum atomic E-state index is 0.00477. The zero-order valence-corrected chi connectivity index (χ0v) is 9.05. The molecule has 0 bridgehead atoms. The summed E-state index contributed by atoms with van der Waals surface area (Å²) in [7, 11) is 1.64. The SMILES string of the molecule is COc1cccc(-c2cncc(CO)c2)c1. The Morgan fingerprint density at radius 1 is 1.19 bits per heavy atom. The zero-order valence-electron chi connectivity index (χ0n) is 9.05. The highest BCUT2D eigenvalue weighted by Crippen LogP contribution is 2.23. The minimum Gasteiger partial charge on any atom is -0.497 e. The maximum absolute atomic E-state index is 9.05. The number of benzene rings is 1. The normalized spacial score (nSPS) is 10.1. The second-order valence-corrected chi connectivity index (χ2v) is 3.47. The minimum absolute atomic E-state index is 0.00477. The van der Waals surface area contributed by atoms with Gasteiger partial charge in [-0.15, -0.1) is 0 Å². The van der Waals surface area contributed by atoms with E-state index in [2.05, 4.69) is 4.98 Å². The van der Waals surface area contributed by atoms with Gasteiger partial charge in [-0.3, -0.25) is 4.98 Å². The molecule has 2 aromatic rings. The lowest BCUT2D eigenvalue weighted by Crippen LogP contribution is -1.88. The van der Waals surface area contributed by atoms with Gasteiger partial charge in [0.05, 0.1) is 13.7 Å². The zero-order chi connectivity index (χ0) is 11.4. The van der Waals surface area contributed by atoms with E-state index in [0.29, 0.717) is 0 Å². The van der Waals surface area contributed by atoms with Crippen LogP contribution in [0.2, 0.25) is 0 Å². The third-order valence-electron chi connectivity index (χ3n) is 2.38. The number of hydrogen-bond donors (Lipinski definition) is 1. The van der Waals surface area contributed by atoms with Gasteiger partial charge in [0.15, 0.2) is 0 Å². The van der Waals surface area contributed by atoms with Gasteiger partial charge in [-0.05, 0) is 29.3 Å². The lowest BCUT2D eigenvalue weighted by molar-refractivity contribution is 0.281. The van der Waals surface area contributed by atoms with Gasteiger partial charge in [0.2, 0.25) is 0 Å². The molecule has 82 valence electrons. The summed E-state index contributed by atoms with van der Waals surface area (Å²) in [6, 6.07) is 9.67. The Hall–Kier alpha value is -1.87. The average Bonchev–Trinajstić information content (AvgIpc) is 2.39. The molecular formula is C13H13NO2. The molecule has 0 atom stereocenters.